The van der Waals surface area contributed by atoms with Crippen LogP contribution in [0, 0.1) is 0 Å². The van der Waals surface area contributed by atoms with E-state index in [9.17, 15) is 4.79 Å². The predicted molar refractivity (Wildman–Crippen MR) is 50.1 cm³/mol. The van der Waals surface area contributed by atoms with E-state index in [1.54, 1.807) is 11.9 Å². The van der Waals surface area contributed by atoms with E-state index in [1.807, 2.05) is 18.2 Å². The van der Waals surface area contributed by atoms with Gasteiger partial charge in [-0.2, -0.15) is 0 Å². The molecule has 0 aliphatic carbocycles. The molecule has 1 amide bonds. The summed E-state index contributed by atoms with van der Waals surface area (Å²) in [4.78, 5) is 17.5. The third kappa shape index (κ3) is 0.651. The molecular weight excluding hydrogens is 164 g/mol. The third-order valence-corrected chi connectivity index (χ3v) is 2.64. The van der Waals surface area contributed by atoms with Crippen molar-refractivity contribution in [3.8, 4) is 0 Å². The van der Waals surface area contributed by atoms with Crippen molar-refractivity contribution in [3.05, 3.63) is 29.3 Å². The molecule has 0 fully saturated rings. The van der Waals surface area contributed by atoms with Gasteiger partial charge in [0.2, 0.25) is 0 Å². The van der Waals surface area contributed by atoms with Gasteiger partial charge < -0.3 is 4.90 Å². The molecule has 0 saturated heterocycles. The van der Waals surface area contributed by atoms with Crippen LogP contribution in [0.3, 0.4) is 0 Å². The second-order valence-corrected chi connectivity index (χ2v) is 3.34. The summed E-state index contributed by atoms with van der Waals surface area (Å²) in [6.07, 6.45) is 0. The summed E-state index contributed by atoms with van der Waals surface area (Å²) < 4.78 is 0. The van der Waals surface area contributed by atoms with Gasteiger partial charge in [0.15, 0.2) is 0 Å². The molecule has 0 saturated carbocycles. The highest BCUT2D eigenvalue weighted by molar-refractivity contribution is 6.55. The van der Waals surface area contributed by atoms with E-state index in [-0.39, 0.29) is 5.91 Å². The molecule has 3 heteroatoms. The topological polar surface area (TPSA) is 32.7 Å². The van der Waals surface area contributed by atoms with Crippen LogP contribution in [0.15, 0.2) is 23.2 Å². The van der Waals surface area contributed by atoms with Gasteiger partial charge >= 0.3 is 0 Å². The molecule has 0 unspecified atom stereocenters. The molecule has 13 heavy (non-hydrogen) atoms. The van der Waals surface area contributed by atoms with E-state index in [0.29, 0.717) is 12.3 Å². The van der Waals surface area contributed by atoms with Crippen LogP contribution in [-0.2, 0) is 11.3 Å². The zero-order valence-electron chi connectivity index (χ0n) is 7.24. The minimum Gasteiger partial charge on any atom is -0.309 e. The quantitative estimate of drug-likeness (QED) is 0.573. The van der Waals surface area contributed by atoms with Crippen LogP contribution in [0.4, 0.5) is 5.69 Å². The van der Waals surface area contributed by atoms with Gasteiger partial charge in [-0.1, -0.05) is 12.1 Å². The lowest BCUT2D eigenvalue weighted by molar-refractivity contribution is -0.111. The second kappa shape index (κ2) is 1.99. The first-order chi connectivity index (χ1) is 6.29. The van der Waals surface area contributed by atoms with Crippen LogP contribution < -0.4 is 4.90 Å². The Kier molecular flexibility index (Phi) is 1.05. The molecule has 1 aromatic carbocycles. The summed E-state index contributed by atoms with van der Waals surface area (Å²) in [5.41, 5.74) is 3.87. The van der Waals surface area contributed by atoms with Gasteiger partial charge in [0, 0.05) is 12.6 Å². The fourth-order valence-corrected chi connectivity index (χ4v) is 1.96. The van der Waals surface area contributed by atoms with E-state index in [4.69, 9.17) is 0 Å². The maximum absolute atomic E-state index is 11.6. The lowest BCUT2D eigenvalue weighted by atomic mass is 10.1. The van der Waals surface area contributed by atoms with Crippen molar-refractivity contribution >= 4 is 17.3 Å². The Morgan fingerprint density at radius 3 is 3.15 bits per heavy atom. The van der Waals surface area contributed by atoms with E-state index in [1.165, 1.54) is 5.56 Å². The predicted octanol–water partition coefficient (Wildman–Crippen LogP) is 0.966. The summed E-state index contributed by atoms with van der Waals surface area (Å²) >= 11 is 0. The standard InChI is InChI=1S/C10H8N2O/c1-12-7-4-2-3-6-5-11-9(8(6)7)10(12)13/h2-4H,5H2,1H3. The SMILES string of the molecule is CN1C(=O)C2=NCc3cccc1c32. The van der Waals surface area contributed by atoms with Crippen LogP contribution in [-0.4, -0.2) is 18.7 Å². The van der Waals surface area contributed by atoms with Gasteiger partial charge in [-0.15, -0.1) is 0 Å². The van der Waals surface area contributed by atoms with Gasteiger partial charge in [-0.25, -0.2) is 0 Å². The summed E-state index contributed by atoms with van der Waals surface area (Å²) in [5.74, 6) is 0.0277. The lowest BCUT2D eigenvalue weighted by Crippen LogP contribution is -2.25. The number of rotatable bonds is 0. The highest BCUT2D eigenvalue weighted by Gasteiger charge is 2.35. The number of carbonyl (C=O) groups is 1. The number of likely N-dealkylation sites (N-methyl/N-ethyl adjacent to an activating group) is 1. The van der Waals surface area contributed by atoms with Gasteiger partial charge in [-0.3, -0.25) is 9.79 Å². The fraction of sp³-hybridized carbons (Fsp3) is 0.200. The number of hydrogen-bond acceptors (Lipinski definition) is 2. The maximum Gasteiger partial charge on any atom is 0.276 e. The number of anilines is 1. The smallest absolute Gasteiger partial charge is 0.276 e. The van der Waals surface area contributed by atoms with E-state index < -0.39 is 0 Å². The largest absolute Gasteiger partial charge is 0.309 e. The lowest BCUT2D eigenvalue weighted by Gasteiger charge is -2.09. The molecule has 0 N–H and O–H groups in total. The highest BCUT2D eigenvalue weighted by atomic mass is 16.2. The third-order valence-electron chi connectivity index (χ3n) is 2.64. The van der Waals surface area contributed by atoms with E-state index in [2.05, 4.69) is 4.99 Å². The van der Waals surface area contributed by atoms with Gasteiger partial charge in [0.1, 0.15) is 5.71 Å². The summed E-state index contributed by atoms with van der Waals surface area (Å²) in [5, 5.41) is 0. The molecule has 0 atom stereocenters. The molecule has 3 nitrogen and oxygen atoms in total. The Balaban J connectivity index is 2.39. The molecule has 1 aromatic rings. The Morgan fingerprint density at radius 2 is 2.31 bits per heavy atom. The van der Waals surface area contributed by atoms with Crippen LogP contribution in [0.25, 0.3) is 0 Å². The van der Waals surface area contributed by atoms with Crippen molar-refractivity contribution in [1.29, 1.82) is 0 Å². The molecule has 0 aromatic heterocycles. The fourth-order valence-electron chi connectivity index (χ4n) is 1.96. The first-order valence-electron chi connectivity index (χ1n) is 4.24. The molecule has 0 spiro atoms. The van der Waals surface area contributed by atoms with Crippen molar-refractivity contribution in [3.63, 3.8) is 0 Å². The zero-order chi connectivity index (χ0) is 9.00. The Bertz CT molecular complexity index is 448. The molecule has 64 valence electrons. The highest BCUT2D eigenvalue weighted by Crippen LogP contribution is 2.34. The van der Waals surface area contributed by atoms with Crippen LogP contribution in [0.5, 0.6) is 0 Å². The van der Waals surface area contributed by atoms with Crippen molar-refractivity contribution in [1.82, 2.24) is 0 Å². The minimum absolute atomic E-state index is 0.0277. The van der Waals surface area contributed by atoms with Crippen LogP contribution >= 0.6 is 0 Å². The minimum atomic E-state index is 0.0277. The number of aliphatic imine (C=N–C) groups is 1. The summed E-state index contributed by atoms with van der Waals surface area (Å²) in [6, 6.07) is 5.97. The van der Waals surface area contributed by atoms with Gasteiger partial charge in [0.05, 0.1) is 12.2 Å². The maximum atomic E-state index is 11.6. The Hall–Kier alpha value is -1.64. The first-order valence-corrected chi connectivity index (χ1v) is 4.24. The van der Waals surface area contributed by atoms with E-state index in [0.717, 1.165) is 11.3 Å². The number of hydrogen-bond donors (Lipinski definition) is 0. The average molecular weight is 172 g/mol. The van der Waals surface area contributed by atoms with Crippen LogP contribution in [0.2, 0.25) is 0 Å². The van der Waals surface area contributed by atoms with Crippen molar-refractivity contribution < 1.29 is 4.79 Å². The van der Waals surface area contributed by atoms with Gasteiger partial charge in [-0.05, 0) is 11.6 Å². The second-order valence-electron chi connectivity index (χ2n) is 3.34. The normalized spacial score (nSPS) is 17.8. The Labute approximate surface area is 75.7 Å². The van der Waals surface area contributed by atoms with Crippen molar-refractivity contribution in [2.45, 2.75) is 6.54 Å². The Morgan fingerprint density at radius 1 is 1.46 bits per heavy atom. The van der Waals surface area contributed by atoms with Crippen molar-refractivity contribution in [2.75, 3.05) is 11.9 Å². The van der Waals surface area contributed by atoms with Gasteiger partial charge in [0.25, 0.3) is 5.91 Å². The first kappa shape index (κ1) is 6.83. The summed E-state index contributed by atoms with van der Waals surface area (Å²) in [7, 11) is 1.79. The molecule has 2 heterocycles. The number of benzene rings is 1. The molecular formula is C10H8N2O. The number of nitrogens with zero attached hydrogens (tertiary/aromatic N) is 2. The average Bonchev–Trinajstić information content (AvgIpc) is 2.67. The molecule has 2 aliphatic rings. The van der Waals surface area contributed by atoms with E-state index >= 15 is 0 Å². The number of amides is 1. The molecule has 3 rings (SSSR count). The monoisotopic (exact) mass is 172 g/mol. The zero-order valence-corrected chi connectivity index (χ0v) is 7.24. The molecule has 2 aliphatic heterocycles. The molecule has 0 radical (unpaired) electrons. The van der Waals surface area contributed by atoms with Crippen molar-refractivity contribution in [2.24, 2.45) is 4.99 Å². The number of carbonyl (C=O) groups excluding carboxylic acids is 1. The summed E-state index contributed by atoms with van der Waals surface area (Å²) in [6.45, 7) is 0.665. The molecule has 0 bridgehead atoms. The van der Waals surface area contributed by atoms with Crippen LogP contribution in [0.1, 0.15) is 11.1 Å².